The van der Waals surface area contributed by atoms with Crippen molar-refractivity contribution in [2.75, 3.05) is 44.8 Å². The molecule has 3 N–H and O–H groups in total. The van der Waals surface area contributed by atoms with Crippen molar-refractivity contribution in [2.24, 2.45) is 10.7 Å². The highest BCUT2D eigenvalue weighted by molar-refractivity contribution is 7.16. The summed E-state index contributed by atoms with van der Waals surface area (Å²) in [6.07, 6.45) is 6.70. The number of aryl methyl sites for hydroxylation is 4. The molecule has 19 heteroatoms. The predicted molar refractivity (Wildman–Crippen MR) is 221 cm³/mol. The van der Waals surface area contributed by atoms with E-state index in [0.29, 0.717) is 93.2 Å². The van der Waals surface area contributed by atoms with Crippen LogP contribution in [0.1, 0.15) is 73.3 Å². The summed E-state index contributed by atoms with van der Waals surface area (Å²) in [5.74, 6) is -0.895. The number of carbonyl (C=O) groups is 4. The molecule has 18 nitrogen and oxygen atoms in total. The lowest BCUT2D eigenvalue weighted by atomic mass is 10.1. The lowest BCUT2D eigenvalue weighted by Gasteiger charge is -2.26. The van der Waals surface area contributed by atoms with E-state index in [4.69, 9.17) is 20.2 Å². The van der Waals surface area contributed by atoms with Crippen molar-refractivity contribution in [3.8, 4) is 5.75 Å². The van der Waals surface area contributed by atoms with Gasteiger partial charge in [-0.25, -0.2) is 9.97 Å². The van der Waals surface area contributed by atoms with E-state index < -0.39 is 17.7 Å². The van der Waals surface area contributed by atoms with Crippen LogP contribution in [0.3, 0.4) is 0 Å². The number of carbonyl (C=O) groups excluding carboxylic acids is 4. The Morgan fingerprint density at radius 3 is 2.36 bits per heavy atom. The largest absolute Gasteiger partial charge is 0.491 e. The molecule has 0 aliphatic carbocycles. The Morgan fingerprint density at radius 1 is 0.966 bits per heavy atom. The smallest absolute Gasteiger partial charge is 0.297 e. The van der Waals surface area contributed by atoms with Crippen molar-refractivity contribution in [1.82, 2.24) is 43.6 Å². The number of ether oxygens (including phenoxy) is 2. The van der Waals surface area contributed by atoms with E-state index in [2.05, 4.69) is 30.4 Å². The maximum atomic E-state index is 13.7. The molecule has 59 heavy (non-hydrogen) atoms. The number of nitrogens with one attached hydrogen (secondary N) is 1. The zero-order valence-corrected chi connectivity index (χ0v) is 34.2. The van der Waals surface area contributed by atoms with Crippen LogP contribution in [0.4, 0.5) is 5.95 Å². The number of nitrogens with zero attached hydrogens (tertiary/aromatic N) is 10. The van der Waals surface area contributed by atoms with E-state index in [0.717, 1.165) is 32.3 Å². The van der Waals surface area contributed by atoms with Crippen LogP contribution < -0.4 is 20.6 Å². The Kier molecular flexibility index (Phi) is 12.5. The fraction of sp³-hybridized carbons (Fsp3) is 0.375. The van der Waals surface area contributed by atoms with Crippen LogP contribution in [0, 0.1) is 13.8 Å². The standard InChI is InChI=1S/C40H46N12O6S/c1-5-51-30(18-25(3)46-51)37(55)44-39-43-29-21-28(35(41)54)22-32(58-15-9-10-48-13-16-57-17-14-48)34(29)49(39)11-7-8-12-50-36-33(20-27(24-53)23-42-36)59-40(50)45-38(56)31-19-26(4)47-52(31)6-2/h7-8,18-24H,5-6,9-17H2,1-4H3,(H2,41,54)(H,43,44,55)/b8-7+,45-40?. The third-order valence-corrected chi connectivity index (χ3v) is 10.8. The summed E-state index contributed by atoms with van der Waals surface area (Å²) >= 11 is 1.25. The van der Waals surface area contributed by atoms with E-state index >= 15 is 0 Å². The number of pyridine rings is 1. The van der Waals surface area contributed by atoms with E-state index in [1.165, 1.54) is 17.5 Å². The van der Waals surface area contributed by atoms with Crippen LogP contribution in [0.25, 0.3) is 21.4 Å². The van der Waals surface area contributed by atoms with Gasteiger partial charge in [0.1, 0.15) is 22.7 Å². The van der Waals surface area contributed by atoms with Gasteiger partial charge in [-0.3, -0.25) is 43.3 Å². The second-order valence-electron chi connectivity index (χ2n) is 13.9. The van der Waals surface area contributed by atoms with Gasteiger partial charge in [0.25, 0.3) is 11.8 Å². The molecule has 0 spiro atoms. The molecule has 6 aromatic rings. The molecule has 1 saturated heterocycles. The number of nitrogens with two attached hydrogens (primary N) is 1. The number of anilines is 1. The summed E-state index contributed by atoms with van der Waals surface area (Å²) in [7, 11) is 0. The molecule has 0 bridgehead atoms. The number of aldehydes is 1. The van der Waals surface area contributed by atoms with Gasteiger partial charge < -0.3 is 19.8 Å². The van der Waals surface area contributed by atoms with Crippen molar-refractivity contribution in [3.05, 3.63) is 87.4 Å². The van der Waals surface area contributed by atoms with Crippen molar-refractivity contribution in [1.29, 1.82) is 0 Å². The average Bonchev–Trinajstić information content (AvgIpc) is 4.00. The van der Waals surface area contributed by atoms with E-state index in [1.54, 1.807) is 48.8 Å². The maximum Gasteiger partial charge on any atom is 0.297 e. The molecule has 3 amide bonds. The van der Waals surface area contributed by atoms with Gasteiger partial charge in [-0.05, 0) is 64.4 Å². The molecule has 0 atom stereocenters. The predicted octanol–water partition coefficient (Wildman–Crippen LogP) is 3.76. The third kappa shape index (κ3) is 9.06. The molecular weight excluding hydrogens is 777 g/mol. The van der Waals surface area contributed by atoms with Crippen LogP contribution in [0.5, 0.6) is 5.75 Å². The molecule has 1 aliphatic heterocycles. The molecule has 0 unspecified atom stereocenters. The minimum Gasteiger partial charge on any atom is -0.491 e. The van der Waals surface area contributed by atoms with Gasteiger partial charge in [0.2, 0.25) is 11.9 Å². The molecule has 6 heterocycles. The van der Waals surface area contributed by atoms with Crippen molar-refractivity contribution >= 4 is 62.7 Å². The van der Waals surface area contributed by atoms with Crippen LogP contribution in [0.15, 0.2) is 53.7 Å². The average molecular weight is 823 g/mol. The van der Waals surface area contributed by atoms with Crippen molar-refractivity contribution in [2.45, 2.75) is 60.3 Å². The van der Waals surface area contributed by atoms with Gasteiger partial charge in [0, 0.05) is 63.1 Å². The maximum absolute atomic E-state index is 13.7. The Hall–Kier alpha value is -6.31. The number of imidazole rings is 1. The number of morpholine rings is 1. The van der Waals surface area contributed by atoms with Gasteiger partial charge in [-0.1, -0.05) is 23.5 Å². The lowest BCUT2D eigenvalue weighted by molar-refractivity contribution is 0.0358. The molecule has 7 rings (SSSR count). The second kappa shape index (κ2) is 18.1. The number of hydrogen-bond donors (Lipinski definition) is 2. The first kappa shape index (κ1) is 40.9. The number of hydrogen-bond acceptors (Lipinski definition) is 12. The summed E-state index contributed by atoms with van der Waals surface area (Å²) < 4.78 is 19.3. The Morgan fingerprint density at radius 2 is 1.66 bits per heavy atom. The molecule has 1 aliphatic rings. The first-order chi connectivity index (χ1) is 28.6. The molecule has 0 saturated carbocycles. The molecule has 0 radical (unpaired) electrons. The fourth-order valence-corrected chi connectivity index (χ4v) is 7.98. The number of thiazole rings is 1. The Labute approximate surface area is 342 Å². The summed E-state index contributed by atoms with van der Waals surface area (Å²) in [5.41, 5.74) is 10.0. The first-order valence-corrected chi connectivity index (χ1v) is 20.2. The molecule has 1 aromatic carbocycles. The van der Waals surface area contributed by atoms with Crippen LogP contribution in [0.2, 0.25) is 0 Å². The zero-order valence-electron chi connectivity index (χ0n) is 33.4. The topological polar surface area (TPSA) is 212 Å². The summed E-state index contributed by atoms with van der Waals surface area (Å²) in [5, 5.41) is 11.8. The second-order valence-corrected chi connectivity index (χ2v) is 14.9. The molecule has 5 aromatic heterocycles. The number of benzene rings is 1. The van der Waals surface area contributed by atoms with Gasteiger partial charge in [0.05, 0.1) is 41.4 Å². The highest BCUT2D eigenvalue weighted by Crippen LogP contribution is 2.31. The molecule has 308 valence electrons. The van der Waals surface area contributed by atoms with Crippen molar-refractivity contribution < 1.29 is 28.7 Å². The number of rotatable bonds is 16. The van der Waals surface area contributed by atoms with Crippen LogP contribution in [-0.2, 0) is 30.9 Å². The number of allylic oxidation sites excluding steroid dienone is 2. The van der Waals surface area contributed by atoms with Crippen LogP contribution in [-0.4, -0.2) is 107 Å². The van der Waals surface area contributed by atoms with Gasteiger partial charge in [-0.15, -0.1) is 0 Å². The lowest BCUT2D eigenvalue weighted by Crippen LogP contribution is -2.37. The van der Waals surface area contributed by atoms with Gasteiger partial charge in [-0.2, -0.15) is 15.2 Å². The number of amides is 3. The van der Waals surface area contributed by atoms with E-state index in [9.17, 15) is 19.2 Å². The normalized spacial score (nSPS) is 13.9. The Bertz CT molecular complexity index is 2640. The monoisotopic (exact) mass is 822 g/mol. The highest BCUT2D eigenvalue weighted by Gasteiger charge is 2.22. The molecule has 1 fully saturated rings. The number of fused-ring (bicyclic) bond motifs is 2. The minimum absolute atomic E-state index is 0.212. The van der Waals surface area contributed by atoms with E-state index in [-0.39, 0.29) is 24.6 Å². The number of primary amides is 1. The highest BCUT2D eigenvalue weighted by atomic mass is 32.1. The summed E-state index contributed by atoms with van der Waals surface area (Å²) in [4.78, 5) is 67.8. The summed E-state index contributed by atoms with van der Waals surface area (Å²) in [6.45, 7) is 13.2. The number of aromatic nitrogens is 8. The van der Waals surface area contributed by atoms with Crippen molar-refractivity contribution in [3.63, 3.8) is 0 Å². The quantitative estimate of drug-likeness (QED) is 0.0815. The Balaban J connectivity index is 1.24. The van der Waals surface area contributed by atoms with E-state index in [1.807, 2.05) is 39.8 Å². The third-order valence-electron chi connectivity index (χ3n) is 9.77. The molecular formula is C40H46N12O6S. The van der Waals surface area contributed by atoms with Crippen LogP contribution >= 0.6 is 11.3 Å². The first-order valence-electron chi connectivity index (χ1n) is 19.4. The SMILES string of the molecule is CCn1nc(C)cc1C(=O)N=c1sc2cc(C=O)cnc2n1C/C=C/Cn1c(NC(=O)c2cc(C)nn2CC)nc2cc(C(N)=O)cc(OCCCN3CCOCC3)c21. The minimum atomic E-state index is -0.643. The van der Waals surface area contributed by atoms with Gasteiger partial charge >= 0.3 is 0 Å². The fourth-order valence-electron chi connectivity index (χ4n) is 6.93. The van der Waals surface area contributed by atoms with Gasteiger partial charge in [0.15, 0.2) is 16.7 Å². The zero-order chi connectivity index (χ0) is 41.6. The summed E-state index contributed by atoms with van der Waals surface area (Å²) in [6, 6.07) is 8.31.